The largest absolute Gasteiger partial charge is 0.484 e. The number of carbonyl (C=O) groups is 1. The second-order valence-electron chi connectivity index (χ2n) is 5.92. The van der Waals surface area contributed by atoms with Gasteiger partial charge in [-0.25, -0.2) is 4.98 Å². The zero-order valence-electron chi connectivity index (χ0n) is 14.6. The molecule has 1 amide bonds. The van der Waals surface area contributed by atoms with Crippen molar-refractivity contribution in [2.45, 2.75) is 13.5 Å². The molecule has 0 aliphatic heterocycles. The molecule has 0 saturated heterocycles. The van der Waals surface area contributed by atoms with Gasteiger partial charge in [-0.05, 0) is 36.8 Å². The van der Waals surface area contributed by atoms with Gasteiger partial charge in [-0.2, -0.15) is 0 Å². The molecule has 0 saturated carbocycles. The smallest absolute Gasteiger partial charge is 0.263 e. The highest BCUT2D eigenvalue weighted by molar-refractivity contribution is 5.91. The van der Waals surface area contributed by atoms with E-state index in [1.54, 1.807) is 24.4 Å². The van der Waals surface area contributed by atoms with Crippen LogP contribution in [0.5, 0.6) is 5.75 Å². The highest BCUT2D eigenvalue weighted by Gasteiger charge is 2.05. The number of rotatable bonds is 7. The molecular formula is C21H21N3O2. The maximum Gasteiger partial charge on any atom is 0.263 e. The summed E-state index contributed by atoms with van der Waals surface area (Å²) in [5, 5.41) is 6.03. The average molecular weight is 347 g/mol. The van der Waals surface area contributed by atoms with E-state index in [0.29, 0.717) is 11.6 Å². The summed E-state index contributed by atoms with van der Waals surface area (Å²) in [6.45, 7) is 2.74. The van der Waals surface area contributed by atoms with Gasteiger partial charge in [0, 0.05) is 6.54 Å². The molecule has 0 radical (unpaired) electrons. The summed E-state index contributed by atoms with van der Waals surface area (Å²) in [5.41, 5.74) is 3.34. The molecule has 3 aromatic rings. The van der Waals surface area contributed by atoms with E-state index in [-0.39, 0.29) is 12.5 Å². The third kappa shape index (κ3) is 5.34. The van der Waals surface area contributed by atoms with Crippen LogP contribution in [0, 0.1) is 6.92 Å². The number of para-hydroxylation sites is 1. The van der Waals surface area contributed by atoms with E-state index in [4.69, 9.17) is 4.74 Å². The highest BCUT2D eigenvalue weighted by atomic mass is 16.5. The van der Waals surface area contributed by atoms with Crippen molar-refractivity contribution in [3.8, 4) is 5.75 Å². The number of aryl methyl sites for hydroxylation is 1. The molecular weight excluding hydrogens is 326 g/mol. The SMILES string of the molecule is Cc1cccc(CNc2ccc(NC(=O)COc3ccccc3)nc2)c1. The van der Waals surface area contributed by atoms with E-state index in [9.17, 15) is 4.79 Å². The van der Waals surface area contributed by atoms with E-state index in [1.807, 2.05) is 30.3 Å². The van der Waals surface area contributed by atoms with Crippen LogP contribution >= 0.6 is 0 Å². The number of nitrogens with zero attached hydrogens (tertiary/aromatic N) is 1. The zero-order chi connectivity index (χ0) is 18.2. The van der Waals surface area contributed by atoms with Crippen molar-refractivity contribution in [1.82, 2.24) is 4.98 Å². The Morgan fingerprint density at radius 2 is 1.88 bits per heavy atom. The van der Waals surface area contributed by atoms with Crippen LogP contribution in [0.1, 0.15) is 11.1 Å². The van der Waals surface area contributed by atoms with Crippen molar-refractivity contribution in [2.75, 3.05) is 17.2 Å². The lowest BCUT2D eigenvalue weighted by Crippen LogP contribution is -2.20. The average Bonchev–Trinajstić information content (AvgIpc) is 2.67. The van der Waals surface area contributed by atoms with Crippen LogP contribution in [0.25, 0.3) is 0 Å². The van der Waals surface area contributed by atoms with Crippen molar-refractivity contribution in [3.63, 3.8) is 0 Å². The third-order valence-electron chi connectivity index (χ3n) is 3.72. The first-order valence-corrected chi connectivity index (χ1v) is 8.42. The molecule has 5 heteroatoms. The van der Waals surface area contributed by atoms with Crippen LogP contribution < -0.4 is 15.4 Å². The van der Waals surface area contributed by atoms with E-state index in [0.717, 1.165) is 12.2 Å². The van der Waals surface area contributed by atoms with Gasteiger partial charge in [0.2, 0.25) is 0 Å². The number of hydrogen-bond donors (Lipinski definition) is 2. The van der Waals surface area contributed by atoms with Crippen molar-refractivity contribution in [1.29, 1.82) is 0 Å². The van der Waals surface area contributed by atoms with Gasteiger partial charge in [0.05, 0.1) is 11.9 Å². The number of anilines is 2. The molecule has 2 N–H and O–H groups in total. The fourth-order valence-corrected chi connectivity index (χ4v) is 2.44. The van der Waals surface area contributed by atoms with Crippen molar-refractivity contribution >= 4 is 17.4 Å². The first-order valence-electron chi connectivity index (χ1n) is 8.42. The molecule has 0 atom stereocenters. The van der Waals surface area contributed by atoms with Gasteiger partial charge in [0.25, 0.3) is 5.91 Å². The molecule has 1 heterocycles. The summed E-state index contributed by atoms with van der Waals surface area (Å²) in [5.74, 6) is 0.904. The lowest BCUT2D eigenvalue weighted by atomic mass is 10.1. The van der Waals surface area contributed by atoms with Crippen molar-refractivity contribution < 1.29 is 9.53 Å². The summed E-state index contributed by atoms with van der Waals surface area (Å²) < 4.78 is 5.41. The van der Waals surface area contributed by atoms with Crippen LogP contribution in [0.3, 0.4) is 0 Å². The number of amides is 1. The van der Waals surface area contributed by atoms with Crippen LogP contribution in [0.15, 0.2) is 72.9 Å². The molecule has 0 unspecified atom stereocenters. The van der Waals surface area contributed by atoms with E-state index < -0.39 is 0 Å². The van der Waals surface area contributed by atoms with Crippen LogP contribution in [0.2, 0.25) is 0 Å². The number of aromatic nitrogens is 1. The lowest BCUT2D eigenvalue weighted by molar-refractivity contribution is -0.118. The quantitative estimate of drug-likeness (QED) is 0.678. The molecule has 1 aromatic heterocycles. The first kappa shape index (κ1) is 17.5. The Labute approximate surface area is 153 Å². The van der Waals surface area contributed by atoms with Crippen molar-refractivity contribution in [2.24, 2.45) is 0 Å². The maximum absolute atomic E-state index is 11.9. The molecule has 0 aliphatic rings. The summed E-state index contributed by atoms with van der Waals surface area (Å²) in [4.78, 5) is 16.2. The lowest BCUT2D eigenvalue weighted by Gasteiger charge is -2.09. The van der Waals surface area contributed by atoms with Crippen LogP contribution in [-0.4, -0.2) is 17.5 Å². The maximum atomic E-state index is 11.9. The predicted molar refractivity (Wildman–Crippen MR) is 103 cm³/mol. The molecule has 0 aliphatic carbocycles. The molecule has 0 spiro atoms. The number of hydrogen-bond acceptors (Lipinski definition) is 4. The Bertz CT molecular complexity index is 849. The minimum Gasteiger partial charge on any atom is -0.484 e. The van der Waals surface area contributed by atoms with Gasteiger partial charge in [-0.1, -0.05) is 48.0 Å². The summed E-state index contributed by atoms with van der Waals surface area (Å²) in [6.07, 6.45) is 1.70. The normalized spacial score (nSPS) is 10.2. The number of carbonyl (C=O) groups excluding carboxylic acids is 1. The van der Waals surface area contributed by atoms with Crippen LogP contribution in [-0.2, 0) is 11.3 Å². The number of pyridine rings is 1. The Kier molecular flexibility index (Phi) is 5.83. The van der Waals surface area contributed by atoms with E-state index in [1.165, 1.54) is 11.1 Å². The Morgan fingerprint density at radius 3 is 2.62 bits per heavy atom. The topological polar surface area (TPSA) is 63.2 Å². The van der Waals surface area contributed by atoms with Gasteiger partial charge >= 0.3 is 0 Å². The minimum absolute atomic E-state index is 0.0565. The molecule has 26 heavy (non-hydrogen) atoms. The molecule has 3 rings (SSSR count). The summed E-state index contributed by atoms with van der Waals surface area (Å²) in [6, 6.07) is 21.2. The Morgan fingerprint density at radius 1 is 1.04 bits per heavy atom. The van der Waals surface area contributed by atoms with Gasteiger partial charge < -0.3 is 15.4 Å². The van der Waals surface area contributed by atoms with Crippen LogP contribution in [0.4, 0.5) is 11.5 Å². The standard InChI is InChI=1S/C21H21N3O2/c1-16-6-5-7-17(12-16)13-22-18-10-11-20(23-14-18)24-21(25)15-26-19-8-3-2-4-9-19/h2-12,14,22H,13,15H2,1H3,(H,23,24,25). The number of nitrogens with one attached hydrogen (secondary N) is 2. The molecule has 0 fully saturated rings. The van der Waals surface area contributed by atoms with Gasteiger partial charge in [0.15, 0.2) is 6.61 Å². The number of ether oxygens (including phenoxy) is 1. The Balaban J connectivity index is 1.47. The van der Waals surface area contributed by atoms with Crippen molar-refractivity contribution in [3.05, 3.63) is 84.1 Å². The minimum atomic E-state index is -0.248. The fourth-order valence-electron chi connectivity index (χ4n) is 2.44. The second-order valence-corrected chi connectivity index (χ2v) is 5.92. The molecule has 2 aromatic carbocycles. The summed E-state index contributed by atoms with van der Waals surface area (Å²) in [7, 11) is 0. The predicted octanol–water partition coefficient (Wildman–Crippen LogP) is 4.02. The molecule has 0 bridgehead atoms. The second kappa shape index (κ2) is 8.67. The fraction of sp³-hybridized carbons (Fsp3) is 0.143. The summed E-state index contributed by atoms with van der Waals surface area (Å²) >= 11 is 0. The van der Waals surface area contributed by atoms with Gasteiger partial charge in [-0.15, -0.1) is 0 Å². The monoisotopic (exact) mass is 347 g/mol. The molecule has 132 valence electrons. The highest BCUT2D eigenvalue weighted by Crippen LogP contribution is 2.13. The first-order chi connectivity index (χ1) is 12.7. The van der Waals surface area contributed by atoms with E-state index >= 15 is 0 Å². The number of benzene rings is 2. The van der Waals surface area contributed by atoms with Gasteiger partial charge in [0.1, 0.15) is 11.6 Å². The Hall–Kier alpha value is -3.34. The zero-order valence-corrected chi connectivity index (χ0v) is 14.6. The molecule has 5 nitrogen and oxygen atoms in total. The third-order valence-corrected chi connectivity index (χ3v) is 3.72. The van der Waals surface area contributed by atoms with Gasteiger partial charge in [-0.3, -0.25) is 4.79 Å². The van der Waals surface area contributed by atoms with E-state index in [2.05, 4.69) is 40.7 Å².